The van der Waals surface area contributed by atoms with E-state index in [4.69, 9.17) is 0 Å². The van der Waals surface area contributed by atoms with Crippen molar-refractivity contribution in [3.05, 3.63) is 41.2 Å². The van der Waals surface area contributed by atoms with Gasteiger partial charge in [-0.3, -0.25) is 14.9 Å². The maximum Gasteiger partial charge on any atom is 0.258 e. The Labute approximate surface area is 141 Å². The molecule has 2 N–H and O–H groups in total. The van der Waals surface area contributed by atoms with Gasteiger partial charge < -0.3 is 5.32 Å². The van der Waals surface area contributed by atoms with E-state index < -0.39 is 0 Å². The van der Waals surface area contributed by atoms with Crippen LogP contribution < -0.4 is 10.6 Å². The van der Waals surface area contributed by atoms with Crippen LogP contribution in [0.2, 0.25) is 0 Å². The molecule has 0 atom stereocenters. The Morgan fingerprint density at radius 3 is 2.46 bits per heavy atom. The van der Waals surface area contributed by atoms with E-state index in [-0.39, 0.29) is 17.7 Å². The number of benzene rings is 1. The van der Waals surface area contributed by atoms with Gasteiger partial charge in [-0.1, -0.05) is 26.8 Å². The molecule has 0 radical (unpaired) electrons. The van der Waals surface area contributed by atoms with Gasteiger partial charge in [-0.25, -0.2) is 4.68 Å². The molecule has 0 spiro atoms. The first kappa shape index (κ1) is 17.7. The number of nitrogens with zero attached hydrogens (tertiary/aromatic N) is 3. The van der Waals surface area contributed by atoms with Crippen molar-refractivity contribution >= 4 is 17.8 Å². The number of hydrogen-bond acceptors (Lipinski definition) is 4. The van der Waals surface area contributed by atoms with Crippen molar-refractivity contribution < 1.29 is 9.59 Å². The van der Waals surface area contributed by atoms with Crippen LogP contribution in [0.15, 0.2) is 24.3 Å². The van der Waals surface area contributed by atoms with Gasteiger partial charge in [-0.05, 0) is 24.6 Å². The van der Waals surface area contributed by atoms with Crippen LogP contribution in [0, 0.1) is 0 Å². The van der Waals surface area contributed by atoms with E-state index in [9.17, 15) is 9.59 Å². The van der Waals surface area contributed by atoms with Crippen molar-refractivity contribution in [1.82, 2.24) is 20.1 Å². The molecule has 0 fully saturated rings. The molecule has 0 aliphatic rings. The standard InChI is InChI=1S/C17H23N5O2/c1-5-9-18-15(23)12-7-6-8-13(10-12)16(24)20-17-19-14(11(2)3)21-22(17)4/h6-8,10-11H,5,9H2,1-4H3,(H,18,23)(H,19,20,21,24). The highest BCUT2D eigenvalue weighted by Gasteiger charge is 2.15. The first-order chi connectivity index (χ1) is 11.4. The molecule has 24 heavy (non-hydrogen) atoms. The normalized spacial score (nSPS) is 10.7. The van der Waals surface area contributed by atoms with Crippen LogP contribution in [0.5, 0.6) is 0 Å². The van der Waals surface area contributed by atoms with E-state index >= 15 is 0 Å². The minimum absolute atomic E-state index is 0.174. The third-order valence-electron chi connectivity index (χ3n) is 3.44. The molecule has 1 aromatic heterocycles. The summed E-state index contributed by atoms with van der Waals surface area (Å²) in [5.74, 6) is 0.704. The smallest absolute Gasteiger partial charge is 0.258 e. The Balaban J connectivity index is 2.14. The number of aromatic nitrogens is 3. The number of amides is 2. The number of rotatable bonds is 6. The molecule has 0 aliphatic heterocycles. The summed E-state index contributed by atoms with van der Waals surface area (Å²) in [5, 5.41) is 9.79. The van der Waals surface area contributed by atoms with Crippen molar-refractivity contribution in [2.24, 2.45) is 7.05 Å². The van der Waals surface area contributed by atoms with Gasteiger partial charge in [0, 0.05) is 30.6 Å². The molecule has 0 saturated carbocycles. The summed E-state index contributed by atoms with van der Waals surface area (Å²) in [4.78, 5) is 28.7. The van der Waals surface area contributed by atoms with Gasteiger partial charge in [0.25, 0.3) is 11.8 Å². The molecule has 0 unspecified atom stereocenters. The minimum atomic E-state index is -0.328. The Morgan fingerprint density at radius 1 is 1.21 bits per heavy atom. The second kappa shape index (κ2) is 7.72. The fourth-order valence-corrected chi connectivity index (χ4v) is 2.07. The Kier molecular flexibility index (Phi) is 5.68. The van der Waals surface area contributed by atoms with Gasteiger partial charge in [0.2, 0.25) is 5.95 Å². The molecule has 0 aliphatic carbocycles. The number of anilines is 1. The molecule has 0 saturated heterocycles. The molecule has 0 bridgehead atoms. The second-order valence-electron chi connectivity index (χ2n) is 5.86. The molecule has 7 nitrogen and oxygen atoms in total. The van der Waals surface area contributed by atoms with Crippen LogP contribution in [-0.2, 0) is 7.05 Å². The van der Waals surface area contributed by atoms with E-state index in [0.29, 0.717) is 29.4 Å². The second-order valence-corrected chi connectivity index (χ2v) is 5.86. The fourth-order valence-electron chi connectivity index (χ4n) is 2.07. The lowest BCUT2D eigenvalue weighted by Crippen LogP contribution is -2.24. The van der Waals surface area contributed by atoms with E-state index in [2.05, 4.69) is 20.7 Å². The molecule has 128 valence electrons. The lowest BCUT2D eigenvalue weighted by molar-refractivity contribution is 0.0953. The lowest BCUT2D eigenvalue weighted by atomic mass is 10.1. The molecular weight excluding hydrogens is 306 g/mol. The number of nitrogens with one attached hydrogen (secondary N) is 2. The Hall–Kier alpha value is -2.70. The Bertz CT molecular complexity index is 736. The molecule has 2 rings (SSSR count). The highest BCUT2D eigenvalue weighted by atomic mass is 16.2. The summed E-state index contributed by atoms with van der Waals surface area (Å²) < 4.78 is 1.53. The van der Waals surface area contributed by atoms with E-state index in [0.717, 1.165) is 6.42 Å². The van der Waals surface area contributed by atoms with E-state index in [1.54, 1.807) is 31.3 Å². The van der Waals surface area contributed by atoms with Crippen LogP contribution >= 0.6 is 0 Å². The number of aryl methyl sites for hydroxylation is 1. The van der Waals surface area contributed by atoms with Gasteiger partial charge >= 0.3 is 0 Å². The summed E-state index contributed by atoms with van der Waals surface area (Å²) in [6.07, 6.45) is 0.857. The first-order valence-corrected chi connectivity index (χ1v) is 8.03. The predicted octanol–water partition coefficient (Wildman–Crippen LogP) is 2.33. The van der Waals surface area contributed by atoms with E-state index in [1.807, 2.05) is 20.8 Å². The van der Waals surface area contributed by atoms with Crippen molar-refractivity contribution in [1.29, 1.82) is 0 Å². The van der Waals surface area contributed by atoms with Crippen LogP contribution in [-0.4, -0.2) is 33.1 Å². The predicted molar refractivity (Wildman–Crippen MR) is 92.1 cm³/mol. The van der Waals surface area contributed by atoms with Crippen molar-refractivity contribution in [2.45, 2.75) is 33.1 Å². The highest BCUT2D eigenvalue weighted by Crippen LogP contribution is 2.14. The minimum Gasteiger partial charge on any atom is -0.352 e. The third-order valence-corrected chi connectivity index (χ3v) is 3.44. The van der Waals surface area contributed by atoms with E-state index in [1.165, 1.54) is 4.68 Å². The maximum absolute atomic E-state index is 12.4. The van der Waals surface area contributed by atoms with Crippen LogP contribution in [0.4, 0.5) is 5.95 Å². The van der Waals surface area contributed by atoms with Gasteiger partial charge in [0.15, 0.2) is 5.82 Å². The summed E-state index contributed by atoms with van der Waals surface area (Å²) in [5.41, 5.74) is 0.852. The number of carbonyl (C=O) groups excluding carboxylic acids is 2. The molecule has 7 heteroatoms. The quantitative estimate of drug-likeness (QED) is 0.851. The van der Waals surface area contributed by atoms with Crippen LogP contribution in [0.1, 0.15) is 59.7 Å². The van der Waals surface area contributed by atoms with Crippen molar-refractivity contribution in [2.75, 3.05) is 11.9 Å². The first-order valence-electron chi connectivity index (χ1n) is 8.03. The number of hydrogen-bond donors (Lipinski definition) is 2. The lowest BCUT2D eigenvalue weighted by Gasteiger charge is -2.07. The molecule has 2 amide bonds. The largest absolute Gasteiger partial charge is 0.352 e. The van der Waals surface area contributed by atoms with Gasteiger partial charge in [0.1, 0.15) is 0 Å². The fraction of sp³-hybridized carbons (Fsp3) is 0.412. The molecule has 1 aromatic carbocycles. The average Bonchev–Trinajstić information content (AvgIpc) is 2.93. The maximum atomic E-state index is 12.4. The topological polar surface area (TPSA) is 88.9 Å². The summed E-state index contributed by atoms with van der Waals surface area (Å²) >= 11 is 0. The zero-order valence-electron chi connectivity index (χ0n) is 14.5. The summed E-state index contributed by atoms with van der Waals surface area (Å²) in [7, 11) is 1.73. The average molecular weight is 329 g/mol. The van der Waals surface area contributed by atoms with Crippen LogP contribution in [0.3, 0.4) is 0 Å². The Morgan fingerprint density at radius 2 is 1.88 bits per heavy atom. The molecule has 2 aromatic rings. The zero-order chi connectivity index (χ0) is 17.7. The van der Waals surface area contributed by atoms with Crippen LogP contribution in [0.25, 0.3) is 0 Å². The van der Waals surface area contributed by atoms with Crippen molar-refractivity contribution in [3.8, 4) is 0 Å². The SMILES string of the molecule is CCCNC(=O)c1cccc(C(=O)Nc2nc(C(C)C)nn2C)c1. The van der Waals surface area contributed by atoms with Gasteiger partial charge in [-0.2, -0.15) is 10.1 Å². The zero-order valence-corrected chi connectivity index (χ0v) is 14.5. The third kappa shape index (κ3) is 4.18. The van der Waals surface area contributed by atoms with Crippen molar-refractivity contribution in [3.63, 3.8) is 0 Å². The number of carbonyl (C=O) groups is 2. The summed E-state index contributed by atoms with van der Waals surface area (Å²) in [6.45, 7) is 6.56. The highest BCUT2D eigenvalue weighted by molar-refractivity contribution is 6.05. The molecule has 1 heterocycles. The van der Waals surface area contributed by atoms with Gasteiger partial charge in [-0.15, -0.1) is 0 Å². The van der Waals surface area contributed by atoms with Gasteiger partial charge in [0.05, 0.1) is 0 Å². The monoisotopic (exact) mass is 329 g/mol. The summed E-state index contributed by atoms with van der Waals surface area (Å²) in [6, 6.07) is 6.60. The molecular formula is C17H23N5O2.